The van der Waals surface area contributed by atoms with Crippen LogP contribution < -0.4 is 15.8 Å². The number of amides is 4. The molecule has 1 saturated heterocycles. The quantitative estimate of drug-likeness (QED) is 0.527. The Morgan fingerprint density at radius 1 is 1.17 bits per heavy atom. The van der Waals surface area contributed by atoms with Gasteiger partial charge in [0.25, 0.3) is 11.8 Å². The van der Waals surface area contributed by atoms with Gasteiger partial charge in [-0.1, -0.05) is 26.0 Å². The highest BCUT2D eigenvalue weighted by atomic mass is 16.5. The number of nitrogens with zero attached hydrogens (tertiary/aromatic N) is 2. The summed E-state index contributed by atoms with van der Waals surface area (Å²) in [4.78, 5) is 64.8. The predicted octanol–water partition coefficient (Wildman–Crippen LogP) is 0.332. The fourth-order valence-corrected chi connectivity index (χ4v) is 3.81. The summed E-state index contributed by atoms with van der Waals surface area (Å²) >= 11 is 0. The molecule has 3 rings (SSSR count). The van der Waals surface area contributed by atoms with Gasteiger partial charge in [0, 0.05) is 26.3 Å². The highest BCUT2D eigenvalue weighted by molar-refractivity contribution is 6.15. The van der Waals surface area contributed by atoms with Crippen LogP contribution in [0.5, 0.6) is 0 Å². The first-order valence-corrected chi connectivity index (χ1v) is 9.65. The maximum atomic E-state index is 13.3. The van der Waals surface area contributed by atoms with E-state index in [0.29, 0.717) is 11.3 Å². The molecule has 0 radical (unpaired) electrons. The summed E-state index contributed by atoms with van der Waals surface area (Å²) in [6.07, 6.45) is 0.119. The number of hydrazine groups is 1. The van der Waals surface area contributed by atoms with Crippen LogP contribution in [0.4, 0.5) is 5.69 Å². The van der Waals surface area contributed by atoms with Crippen LogP contribution in [0.2, 0.25) is 0 Å². The number of benzene rings is 1. The van der Waals surface area contributed by atoms with E-state index in [1.54, 1.807) is 24.3 Å². The Bertz CT molecular complexity index is 914. The van der Waals surface area contributed by atoms with Crippen molar-refractivity contribution in [2.45, 2.75) is 39.3 Å². The van der Waals surface area contributed by atoms with E-state index in [-0.39, 0.29) is 37.1 Å². The molecule has 2 aliphatic rings. The second-order valence-corrected chi connectivity index (χ2v) is 7.68. The zero-order chi connectivity index (χ0) is 22.1. The molecule has 30 heavy (non-hydrogen) atoms. The normalized spacial score (nSPS) is 20.0. The summed E-state index contributed by atoms with van der Waals surface area (Å²) in [7, 11) is 0. The zero-order valence-electron chi connectivity index (χ0n) is 17.1. The van der Waals surface area contributed by atoms with Crippen LogP contribution in [-0.4, -0.2) is 53.3 Å². The van der Waals surface area contributed by atoms with Gasteiger partial charge in [0.1, 0.15) is 0 Å². The second-order valence-electron chi connectivity index (χ2n) is 7.68. The van der Waals surface area contributed by atoms with Crippen LogP contribution in [0, 0.1) is 5.92 Å². The van der Waals surface area contributed by atoms with Gasteiger partial charge in [-0.25, -0.2) is 4.79 Å². The highest BCUT2D eigenvalue weighted by Crippen LogP contribution is 2.45. The van der Waals surface area contributed by atoms with E-state index in [1.165, 1.54) is 16.7 Å². The summed E-state index contributed by atoms with van der Waals surface area (Å²) < 4.78 is 5.21. The van der Waals surface area contributed by atoms with E-state index in [1.807, 2.05) is 13.8 Å². The van der Waals surface area contributed by atoms with Crippen molar-refractivity contribution in [1.29, 1.82) is 0 Å². The lowest BCUT2D eigenvalue weighted by atomic mass is 9.95. The number of hydrogen-bond acceptors (Lipinski definition) is 6. The van der Waals surface area contributed by atoms with Crippen molar-refractivity contribution >= 4 is 35.3 Å². The van der Waals surface area contributed by atoms with Crippen LogP contribution in [0.15, 0.2) is 24.3 Å². The van der Waals surface area contributed by atoms with Gasteiger partial charge in [-0.05, 0) is 18.1 Å². The summed E-state index contributed by atoms with van der Waals surface area (Å²) in [5.74, 6) is -2.75. The van der Waals surface area contributed by atoms with Crippen molar-refractivity contribution < 1.29 is 28.7 Å². The average Bonchev–Trinajstić information content (AvgIpc) is 3.06. The minimum Gasteiger partial charge on any atom is -0.452 e. The Morgan fingerprint density at radius 3 is 2.53 bits per heavy atom. The molecule has 10 heteroatoms. The number of carbonyl (C=O) groups is 5. The molecule has 0 aliphatic carbocycles. The van der Waals surface area contributed by atoms with Crippen LogP contribution in [0.3, 0.4) is 0 Å². The van der Waals surface area contributed by atoms with Crippen molar-refractivity contribution in [3.63, 3.8) is 0 Å². The number of nitrogens with one attached hydrogen (secondary N) is 2. The highest BCUT2D eigenvalue weighted by Gasteiger charge is 2.62. The number of ether oxygens (including phenoxy) is 1. The van der Waals surface area contributed by atoms with Crippen LogP contribution in [-0.2, 0) is 23.9 Å². The summed E-state index contributed by atoms with van der Waals surface area (Å²) in [5, 5.41) is 0. The molecule has 1 fully saturated rings. The fourth-order valence-electron chi connectivity index (χ4n) is 3.81. The van der Waals surface area contributed by atoms with Gasteiger partial charge in [0.05, 0.1) is 11.3 Å². The monoisotopic (exact) mass is 416 g/mol. The fraction of sp³-hybridized carbons (Fsp3) is 0.450. The van der Waals surface area contributed by atoms with Crippen molar-refractivity contribution in [1.82, 2.24) is 15.8 Å². The van der Waals surface area contributed by atoms with Gasteiger partial charge < -0.3 is 9.64 Å². The molecule has 2 aliphatic heterocycles. The van der Waals surface area contributed by atoms with E-state index >= 15 is 0 Å². The molecule has 0 saturated carbocycles. The van der Waals surface area contributed by atoms with Crippen LogP contribution >= 0.6 is 0 Å². The molecule has 4 amide bonds. The molecular weight excluding hydrogens is 392 g/mol. The molecule has 1 aromatic carbocycles. The first-order chi connectivity index (χ1) is 14.2. The SMILES string of the molecule is CC(=O)NNC(=O)COC(=O)[C@]12CCC(=O)N1c1ccccc1C(=O)N2CC(C)C. The van der Waals surface area contributed by atoms with Crippen LogP contribution in [0.1, 0.15) is 44.0 Å². The molecule has 0 unspecified atom stereocenters. The Labute approximate surface area is 173 Å². The zero-order valence-corrected chi connectivity index (χ0v) is 17.1. The number of fused-ring (bicyclic) bond motifs is 3. The molecule has 1 atom stereocenters. The lowest BCUT2D eigenvalue weighted by Crippen LogP contribution is -2.69. The third kappa shape index (κ3) is 3.60. The lowest BCUT2D eigenvalue weighted by Gasteiger charge is -2.48. The third-order valence-corrected chi connectivity index (χ3v) is 4.96. The van der Waals surface area contributed by atoms with E-state index in [4.69, 9.17) is 4.74 Å². The van der Waals surface area contributed by atoms with Gasteiger partial charge in [-0.15, -0.1) is 0 Å². The van der Waals surface area contributed by atoms with E-state index in [2.05, 4.69) is 10.9 Å². The van der Waals surface area contributed by atoms with Gasteiger partial charge in [0.2, 0.25) is 17.5 Å². The Kier molecular flexibility index (Phi) is 5.77. The maximum absolute atomic E-state index is 13.3. The minimum atomic E-state index is -1.65. The number of rotatable bonds is 5. The Hall–Kier alpha value is -3.43. The van der Waals surface area contributed by atoms with E-state index in [0.717, 1.165) is 0 Å². The standard InChI is InChI=1S/C20H24N4O6/c1-12(2)10-23-18(28)14-6-4-5-7-15(14)24-17(27)8-9-20(23,24)19(29)30-11-16(26)22-21-13(3)25/h4-7,12H,8-11H2,1-3H3,(H,21,25)(H,22,26)/t20-/m0/s1. The predicted molar refractivity (Wildman–Crippen MR) is 105 cm³/mol. The van der Waals surface area contributed by atoms with Crippen molar-refractivity contribution in [2.75, 3.05) is 18.1 Å². The molecule has 1 aromatic rings. The largest absolute Gasteiger partial charge is 0.452 e. The maximum Gasteiger partial charge on any atom is 0.354 e. The summed E-state index contributed by atoms with van der Waals surface area (Å²) in [6.45, 7) is 4.56. The topological polar surface area (TPSA) is 125 Å². The Morgan fingerprint density at radius 2 is 1.87 bits per heavy atom. The van der Waals surface area contributed by atoms with Gasteiger partial charge in [-0.2, -0.15) is 0 Å². The second kappa shape index (κ2) is 8.13. The lowest BCUT2D eigenvalue weighted by molar-refractivity contribution is -0.160. The molecule has 0 aromatic heterocycles. The summed E-state index contributed by atoms with van der Waals surface area (Å²) in [5.41, 5.74) is 3.23. The average molecular weight is 416 g/mol. The third-order valence-electron chi connectivity index (χ3n) is 4.96. The molecule has 0 bridgehead atoms. The number of anilines is 1. The first-order valence-electron chi connectivity index (χ1n) is 9.65. The number of hydrogen-bond donors (Lipinski definition) is 2. The minimum absolute atomic E-state index is 0.0181. The molecule has 2 heterocycles. The van der Waals surface area contributed by atoms with Crippen molar-refractivity contribution in [3.05, 3.63) is 29.8 Å². The van der Waals surface area contributed by atoms with Crippen LogP contribution in [0.25, 0.3) is 0 Å². The molecule has 2 N–H and O–H groups in total. The van der Waals surface area contributed by atoms with Crippen molar-refractivity contribution in [3.8, 4) is 0 Å². The van der Waals surface area contributed by atoms with Gasteiger partial charge in [0.15, 0.2) is 6.61 Å². The molecule has 0 spiro atoms. The summed E-state index contributed by atoms with van der Waals surface area (Å²) in [6, 6.07) is 6.62. The number of carbonyl (C=O) groups excluding carboxylic acids is 5. The molecule has 10 nitrogen and oxygen atoms in total. The molecular formula is C20H24N4O6. The van der Waals surface area contributed by atoms with E-state index < -0.39 is 30.1 Å². The molecule has 160 valence electrons. The number of para-hydroxylation sites is 1. The van der Waals surface area contributed by atoms with Gasteiger partial charge in [-0.3, -0.25) is 34.9 Å². The smallest absolute Gasteiger partial charge is 0.354 e. The first kappa shape index (κ1) is 21.3. The van der Waals surface area contributed by atoms with Crippen molar-refractivity contribution in [2.24, 2.45) is 5.92 Å². The number of esters is 1. The Balaban J connectivity index is 1.96. The van der Waals surface area contributed by atoms with Gasteiger partial charge >= 0.3 is 5.97 Å². The van der Waals surface area contributed by atoms with E-state index in [9.17, 15) is 24.0 Å².